The molecule has 6 aromatic rings. The molecule has 4 N–H and O–H groups in total. The number of fused-ring (bicyclic) bond motifs is 1. The van der Waals surface area contributed by atoms with Crippen LogP contribution in [0.5, 0.6) is 0 Å². The first kappa shape index (κ1) is 32.2. The molecular formula is C45H41N5. The molecule has 5 heteroatoms. The van der Waals surface area contributed by atoms with Crippen molar-refractivity contribution in [1.82, 2.24) is 5.32 Å². The number of rotatable bonds is 11. The highest BCUT2D eigenvalue weighted by molar-refractivity contribution is 6.08. The zero-order valence-electron chi connectivity index (χ0n) is 28.3. The third-order valence-corrected chi connectivity index (χ3v) is 9.22. The average Bonchev–Trinajstić information content (AvgIpc) is 3.56. The molecule has 1 aliphatic heterocycles. The summed E-state index contributed by atoms with van der Waals surface area (Å²) in [6.45, 7) is 10.7. The minimum absolute atomic E-state index is 0.203. The number of benzene rings is 6. The number of anilines is 4. The summed E-state index contributed by atoms with van der Waals surface area (Å²) in [5, 5.41) is 7.29. The van der Waals surface area contributed by atoms with Gasteiger partial charge >= 0.3 is 0 Å². The summed E-state index contributed by atoms with van der Waals surface area (Å²) < 4.78 is 0. The second kappa shape index (κ2) is 14.4. The van der Waals surface area contributed by atoms with Gasteiger partial charge in [-0.2, -0.15) is 0 Å². The van der Waals surface area contributed by atoms with E-state index in [1.54, 1.807) is 0 Å². The van der Waals surface area contributed by atoms with E-state index in [0.29, 0.717) is 0 Å². The zero-order chi connectivity index (χ0) is 34.5. The quantitative estimate of drug-likeness (QED) is 0.0963. The van der Waals surface area contributed by atoms with Crippen molar-refractivity contribution in [2.24, 2.45) is 4.99 Å². The molecule has 2 atom stereocenters. The molecule has 0 saturated carbocycles. The van der Waals surface area contributed by atoms with Gasteiger partial charge in [0.15, 0.2) is 0 Å². The van der Waals surface area contributed by atoms with Crippen LogP contribution < -0.4 is 21.3 Å². The smallest absolute Gasteiger partial charge is 0.146 e. The largest absolute Gasteiger partial charge is 0.398 e. The van der Waals surface area contributed by atoms with Crippen molar-refractivity contribution in [2.75, 3.05) is 16.0 Å². The van der Waals surface area contributed by atoms with Gasteiger partial charge in [-0.15, -0.1) is 0 Å². The Bertz CT molecular complexity index is 2150. The van der Waals surface area contributed by atoms with Crippen LogP contribution >= 0.6 is 0 Å². The van der Waals surface area contributed by atoms with E-state index >= 15 is 0 Å². The molecule has 0 bridgehead atoms. The third kappa shape index (κ3) is 6.54. The number of allylic oxidation sites excluding steroid dienone is 1. The lowest BCUT2D eigenvalue weighted by Gasteiger charge is -2.26. The van der Waals surface area contributed by atoms with Gasteiger partial charge in [0.05, 0.1) is 17.1 Å². The Kier molecular flexibility index (Phi) is 9.30. The van der Waals surface area contributed by atoms with Crippen molar-refractivity contribution in [3.8, 4) is 22.3 Å². The molecule has 0 radical (unpaired) electrons. The Morgan fingerprint density at radius 1 is 0.780 bits per heavy atom. The number of nitrogens with zero attached hydrogens (tertiary/aromatic N) is 2. The van der Waals surface area contributed by atoms with Gasteiger partial charge in [-0.25, -0.2) is 0 Å². The van der Waals surface area contributed by atoms with E-state index < -0.39 is 6.17 Å². The van der Waals surface area contributed by atoms with Crippen LogP contribution in [0.15, 0.2) is 176 Å². The molecule has 0 aliphatic carbocycles. The molecule has 1 aliphatic rings. The van der Waals surface area contributed by atoms with Gasteiger partial charge in [0, 0.05) is 28.2 Å². The van der Waals surface area contributed by atoms with Gasteiger partial charge < -0.3 is 21.3 Å². The summed E-state index contributed by atoms with van der Waals surface area (Å²) in [6.07, 6.45) is 2.54. The molecule has 5 nitrogen and oxygen atoms in total. The van der Waals surface area contributed by atoms with Crippen molar-refractivity contribution < 1.29 is 0 Å². The molecule has 0 amide bonds. The van der Waals surface area contributed by atoms with E-state index in [-0.39, 0.29) is 6.17 Å². The number of nitrogen functional groups attached to an aromatic ring is 1. The minimum Gasteiger partial charge on any atom is -0.398 e. The Morgan fingerprint density at radius 3 is 2.14 bits per heavy atom. The normalized spacial score (nSPS) is 14.4. The summed E-state index contributed by atoms with van der Waals surface area (Å²) in [7, 11) is 0. The van der Waals surface area contributed by atoms with Gasteiger partial charge in [0.2, 0.25) is 0 Å². The molecule has 0 fully saturated rings. The Morgan fingerprint density at radius 2 is 1.42 bits per heavy atom. The maximum absolute atomic E-state index is 6.67. The van der Waals surface area contributed by atoms with Crippen molar-refractivity contribution in [3.05, 3.63) is 188 Å². The molecule has 2 unspecified atom stereocenters. The highest BCUT2D eigenvalue weighted by Crippen LogP contribution is 2.42. The Balaban J connectivity index is 1.26. The van der Waals surface area contributed by atoms with Crippen LogP contribution in [-0.2, 0) is 0 Å². The second-order valence-corrected chi connectivity index (χ2v) is 12.4. The van der Waals surface area contributed by atoms with Crippen molar-refractivity contribution in [3.63, 3.8) is 0 Å². The molecule has 7 rings (SSSR count). The fourth-order valence-electron chi connectivity index (χ4n) is 6.66. The van der Waals surface area contributed by atoms with E-state index in [4.69, 9.17) is 10.7 Å². The fourth-order valence-corrected chi connectivity index (χ4v) is 6.66. The van der Waals surface area contributed by atoms with E-state index in [1.807, 2.05) is 60.7 Å². The highest BCUT2D eigenvalue weighted by atomic mass is 15.3. The lowest BCUT2D eigenvalue weighted by atomic mass is 9.93. The van der Waals surface area contributed by atoms with Crippen LogP contribution in [0.1, 0.15) is 36.2 Å². The first-order valence-corrected chi connectivity index (χ1v) is 17.0. The van der Waals surface area contributed by atoms with Gasteiger partial charge in [-0.1, -0.05) is 135 Å². The molecule has 0 aromatic heterocycles. The second-order valence-electron chi connectivity index (χ2n) is 12.4. The summed E-state index contributed by atoms with van der Waals surface area (Å²) in [4.78, 5) is 7.63. The van der Waals surface area contributed by atoms with Crippen LogP contribution in [0.4, 0.5) is 22.7 Å². The number of aliphatic imine (C=N–C) groups is 1. The molecule has 50 heavy (non-hydrogen) atoms. The lowest BCUT2D eigenvalue weighted by Crippen LogP contribution is -2.30. The van der Waals surface area contributed by atoms with Crippen LogP contribution in [-0.4, -0.2) is 11.9 Å². The van der Waals surface area contributed by atoms with E-state index in [1.165, 1.54) is 5.69 Å². The van der Waals surface area contributed by atoms with Crippen molar-refractivity contribution in [2.45, 2.75) is 25.7 Å². The number of nitrogens with one attached hydrogen (secondary N) is 2. The SMILES string of the molecule is C=CC(=NC(NC(=C)c1ccccc1)c1ccccc1-c1ccc(N)c(-c2ccc(N3c4ccccc4NC3CC)cc2)c1)c1ccccc1. The van der Waals surface area contributed by atoms with Crippen LogP contribution in [0.2, 0.25) is 0 Å². The first-order valence-electron chi connectivity index (χ1n) is 17.0. The summed E-state index contributed by atoms with van der Waals surface area (Å²) in [6, 6.07) is 52.1. The van der Waals surface area contributed by atoms with Gasteiger partial charge in [-0.05, 0) is 76.7 Å². The Hall–Kier alpha value is -6.33. The van der Waals surface area contributed by atoms with Gasteiger partial charge in [-0.3, -0.25) is 4.99 Å². The maximum Gasteiger partial charge on any atom is 0.146 e. The topological polar surface area (TPSA) is 65.7 Å². The average molecular weight is 652 g/mol. The predicted octanol–water partition coefficient (Wildman–Crippen LogP) is 10.8. The minimum atomic E-state index is -0.448. The van der Waals surface area contributed by atoms with Crippen molar-refractivity contribution in [1.29, 1.82) is 0 Å². The number of hydrogen-bond acceptors (Lipinski definition) is 5. The zero-order valence-corrected chi connectivity index (χ0v) is 28.3. The Labute approximate surface area is 295 Å². The summed E-state index contributed by atoms with van der Waals surface area (Å²) in [5.74, 6) is 0. The monoisotopic (exact) mass is 651 g/mol. The van der Waals surface area contributed by atoms with Crippen molar-refractivity contribution >= 4 is 34.2 Å². The highest BCUT2D eigenvalue weighted by Gasteiger charge is 2.28. The molecule has 0 saturated heterocycles. The van der Waals surface area contributed by atoms with Gasteiger partial charge in [0.25, 0.3) is 0 Å². The van der Waals surface area contributed by atoms with E-state index in [2.05, 4.69) is 133 Å². The molecule has 1 heterocycles. The fraction of sp³-hybridized carbons (Fsp3) is 0.0889. The van der Waals surface area contributed by atoms with Crippen LogP contribution in [0.3, 0.4) is 0 Å². The predicted molar refractivity (Wildman–Crippen MR) is 213 cm³/mol. The van der Waals surface area contributed by atoms with E-state index in [9.17, 15) is 0 Å². The van der Waals surface area contributed by atoms with E-state index in [0.717, 1.165) is 73.8 Å². The summed E-state index contributed by atoms with van der Waals surface area (Å²) >= 11 is 0. The van der Waals surface area contributed by atoms with Crippen LogP contribution in [0.25, 0.3) is 28.0 Å². The summed E-state index contributed by atoms with van der Waals surface area (Å²) in [5.41, 5.74) is 19.6. The van der Waals surface area contributed by atoms with Gasteiger partial charge in [0.1, 0.15) is 12.3 Å². The number of nitrogens with two attached hydrogens (primary N) is 1. The molecule has 6 aromatic carbocycles. The first-order chi connectivity index (χ1) is 24.5. The van der Waals surface area contributed by atoms with Crippen LogP contribution in [0, 0.1) is 0 Å². The molecule has 0 spiro atoms. The lowest BCUT2D eigenvalue weighted by molar-refractivity contribution is 0.673. The standard InChI is InChI=1S/C45H41N5/c1-4-41(34-18-10-7-11-19-34)49-45(47-31(3)32-16-8-6-9-17-32)38-21-13-12-20-37(38)35-26-29-40(46)39(30-35)33-24-27-36(28-25-33)50-43-23-15-14-22-42(43)48-44(50)5-2/h4,6-30,44-45,47-48H,1,3,5,46H2,2H3. The number of para-hydroxylation sites is 2. The molecular weight excluding hydrogens is 611 g/mol. The third-order valence-electron chi connectivity index (χ3n) is 9.22. The molecule has 246 valence electrons. The maximum atomic E-state index is 6.67. The number of hydrogen-bond donors (Lipinski definition) is 3.